The minimum absolute atomic E-state index is 0.527. The molecule has 7 nitrogen and oxygen atoms in total. The summed E-state index contributed by atoms with van der Waals surface area (Å²) < 4.78 is 7.35. The van der Waals surface area contributed by atoms with Crippen molar-refractivity contribution in [3.8, 4) is 22.8 Å². The molecule has 5 rings (SSSR count). The number of nitrogens with zero attached hydrogens (tertiary/aromatic N) is 5. The van der Waals surface area contributed by atoms with Crippen molar-refractivity contribution in [1.29, 1.82) is 0 Å². The van der Waals surface area contributed by atoms with Crippen molar-refractivity contribution in [2.75, 3.05) is 0 Å². The van der Waals surface area contributed by atoms with Gasteiger partial charge in [-0.15, -0.1) is 10.2 Å². The fraction of sp³-hybridized carbons (Fsp3) is 0.100. The summed E-state index contributed by atoms with van der Waals surface area (Å²) in [7, 11) is 1.96. The van der Waals surface area contributed by atoms with Gasteiger partial charge in [-0.2, -0.15) is 4.98 Å². The molecule has 0 saturated heterocycles. The number of rotatable bonds is 5. The van der Waals surface area contributed by atoms with Crippen LogP contribution >= 0.6 is 11.8 Å². The number of hydrogen-bond donors (Lipinski definition) is 1. The maximum atomic E-state index is 5.37. The molecule has 0 aliphatic carbocycles. The molecule has 0 saturated carbocycles. The van der Waals surface area contributed by atoms with Gasteiger partial charge in [0.1, 0.15) is 0 Å². The Balaban J connectivity index is 1.36. The van der Waals surface area contributed by atoms with Crippen molar-refractivity contribution in [3.05, 3.63) is 66.7 Å². The number of hydrogen-bond acceptors (Lipinski definition) is 6. The number of H-pyrrole nitrogens is 1. The Hall–Kier alpha value is -3.39. The third-order valence-corrected chi connectivity index (χ3v) is 5.49. The summed E-state index contributed by atoms with van der Waals surface area (Å²) in [4.78, 5) is 7.74. The van der Waals surface area contributed by atoms with Gasteiger partial charge in [0.15, 0.2) is 11.0 Å². The number of aromatic nitrogens is 6. The van der Waals surface area contributed by atoms with Crippen LogP contribution in [-0.2, 0) is 12.8 Å². The lowest BCUT2D eigenvalue weighted by molar-refractivity contribution is 0.391. The molecule has 8 heteroatoms. The lowest BCUT2D eigenvalue weighted by Gasteiger charge is -2.02. The summed E-state index contributed by atoms with van der Waals surface area (Å²) in [6.45, 7) is 0. The SMILES string of the molecule is Cn1c(SCc2nc(-c3ccccc3)no2)nnc1-c1c[nH]c2ccccc12. The molecule has 0 atom stereocenters. The minimum atomic E-state index is 0.527. The smallest absolute Gasteiger partial charge is 0.237 e. The van der Waals surface area contributed by atoms with E-state index < -0.39 is 0 Å². The van der Waals surface area contributed by atoms with Crippen LogP contribution in [0.5, 0.6) is 0 Å². The topological polar surface area (TPSA) is 85.4 Å². The molecule has 28 heavy (non-hydrogen) atoms. The Bertz CT molecular complexity index is 1240. The second-order valence-electron chi connectivity index (χ2n) is 6.28. The molecule has 0 amide bonds. The summed E-state index contributed by atoms with van der Waals surface area (Å²) >= 11 is 1.52. The van der Waals surface area contributed by atoms with Crippen LogP contribution < -0.4 is 0 Å². The quantitative estimate of drug-likeness (QED) is 0.452. The lowest BCUT2D eigenvalue weighted by Crippen LogP contribution is -1.94. The predicted octanol–water partition coefficient (Wildman–Crippen LogP) is 4.31. The molecular weight excluding hydrogens is 372 g/mol. The van der Waals surface area contributed by atoms with Gasteiger partial charge in [0.05, 0.1) is 5.75 Å². The van der Waals surface area contributed by atoms with Gasteiger partial charge in [-0.05, 0) is 6.07 Å². The van der Waals surface area contributed by atoms with Gasteiger partial charge in [0.2, 0.25) is 11.7 Å². The van der Waals surface area contributed by atoms with Gasteiger partial charge in [0, 0.05) is 35.3 Å². The average Bonchev–Trinajstić information content (AvgIpc) is 3.46. The van der Waals surface area contributed by atoms with E-state index in [0.717, 1.165) is 33.0 Å². The van der Waals surface area contributed by atoms with Gasteiger partial charge < -0.3 is 14.1 Å². The zero-order valence-corrected chi connectivity index (χ0v) is 15.8. The molecule has 0 bridgehead atoms. The highest BCUT2D eigenvalue weighted by Gasteiger charge is 2.16. The molecular formula is C20H16N6OS. The maximum Gasteiger partial charge on any atom is 0.237 e. The van der Waals surface area contributed by atoms with Crippen LogP contribution in [0, 0.1) is 0 Å². The molecule has 3 aromatic heterocycles. The van der Waals surface area contributed by atoms with Crippen LogP contribution in [0.25, 0.3) is 33.7 Å². The zero-order chi connectivity index (χ0) is 18.9. The van der Waals surface area contributed by atoms with Crippen LogP contribution in [0.4, 0.5) is 0 Å². The van der Waals surface area contributed by atoms with E-state index in [1.807, 2.05) is 66.3 Å². The Morgan fingerprint density at radius 3 is 2.75 bits per heavy atom. The molecule has 5 aromatic rings. The van der Waals surface area contributed by atoms with Crippen molar-refractivity contribution >= 4 is 22.7 Å². The monoisotopic (exact) mass is 388 g/mol. The van der Waals surface area contributed by atoms with E-state index in [-0.39, 0.29) is 0 Å². The minimum Gasteiger partial charge on any atom is -0.360 e. The number of nitrogens with one attached hydrogen (secondary N) is 1. The third-order valence-electron chi connectivity index (χ3n) is 4.49. The maximum absolute atomic E-state index is 5.37. The molecule has 1 N–H and O–H groups in total. The summed E-state index contributed by atoms with van der Waals surface area (Å²) in [5.41, 5.74) is 3.04. The first-order valence-electron chi connectivity index (χ1n) is 8.76. The molecule has 0 unspecified atom stereocenters. The zero-order valence-electron chi connectivity index (χ0n) is 15.0. The van der Waals surface area contributed by atoms with E-state index in [9.17, 15) is 0 Å². The Labute approximate surface area is 164 Å². The van der Waals surface area contributed by atoms with E-state index in [4.69, 9.17) is 4.52 Å². The van der Waals surface area contributed by atoms with Gasteiger partial charge >= 0.3 is 0 Å². The van der Waals surface area contributed by atoms with Crippen molar-refractivity contribution in [2.24, 2.45) is 7.05 Å². The molecule has 3 heterocycles. The fourth-order valence-corrected chi connectivity index (χ4v) is 3.82. The second-order valence-corrected chi connectivity index (χ2v) is 7.22. The van der Waals surface area contributed by atoms with Gasteiger partial charge in [-0.3, -0.25) is 0 Å². The number of fused-ring (bicyclic) bond motifs is 1. The molecule has 138 valence electrons. The Morgan fingerprint density at radius 2 is 1.86 bits per heavy atom. The molecule has 0 aliphatic rings. The van der Waals surface area contributed by atoms with Crippen LogP contribution in [0.2, 0.25) is 0 Å². The van der Waals surface area contributed by atoms with Crippen molar-refractivity contribution in [3.63, 3.8) is 0 Å². The average molecular weight is 388 g/mol. The Kier molecular flexibility index (Phi) is 4.17. The van der Waals surface area contributed by atoms with Gasteiger partial charge in [0.25, 0.3) is 0 Å². The lowest BCUT2D eigenvalue weighted by atomic mass is 10.1. The number of thioether (sulfide) groups is 1. The van der Waals surface area contributed by atoms with E-state index in [2.05, 4.69) is 31.4 Å². The van der Waals surface area contributed by atoms with Gasteiger partial charge in [-0.1, -0.05) is 65.4 Å². The van der Waals surface area contributed by atoms with Crippen LogP contribution in [0.3, 0.4) is 0 Å². The van der Waals surface area contributed by atoms with E-state index in [1.54, 1.807) is 0 Å². The van der Waals surface area contributed by atoms with Crippen molar-refractivity contribution in [2.45, 2.75) is 10.9 Å². The highest BCUT2D eigenvalue weighted by atomic mass is 32.2. The standard InChI is InChI=1S/C20H16N6OS/c1-26-19(15-11-21-16-10-6-5-9-14(15)16)23-24-20(26)28-12-17-22-18(25-27-17)13-7-3-2-4-8-13/h2-11,21H,12H2,1H3. The number of para-hydroxylation sites is 1. The molecule has 0 aliphatic heterocycles. The molecule has 0 fully saturated rings. The van der Waals surface area contributed by atoms with Gasteiger partial charge in [-0.25, -0.2) is 0 Å². The predicted molar refractivity (Wildman–Crippen MR) is 108 cm³/mol. The second kappa shape index (κ2) is 6.97. The van der Waals surface area contributed by atoms with E-state index in [0.29, 0.717) is 17.5 Å². The first-order chi connectivity index (χ1) is 13.8. The number of benzene rings is 2. The highest BCUT2D eigenvalue weighted by Crippen LogP contribution is 2.30. The molecule has 2 aromatic carbocycles. The fourth-order valence-electron chi connectivity index (χ4n) is 3.08. The largest absolute Gasteiger partial charge is 0.360 e. The van der Waals surface area contributed by atoms with Crippen LogP contribution in [0.15, 0.2) is 70.5 Å². The number of aromatic amines is 1. The summed E-state index contributed by atoms with van der Waals surface area (Å²) in [6.07, 6.45) is 1.97. The Morgan fingerprint density at radius 1 is 1.04 bits per heavy atom. The van der Waals surface area contributed by atoms with Crippen molar-refractivity contribution in [1.82, 2.24) is 29.9 Å². The normalized spacial score (nSPS) is 11.3. The summed E-state index contributed by atoms with van der Waals surface area (Å²) in [6, 6.07) is 17.9. The first-order valence-corrected chi connectivity index (χ1v) is 9.75. The van der Waals surface area contributed by atoms with Crippen molar-refractivity contribution < 1.29 is 4.52 Å². The first kappa shape index (κ1) is 16.8. The summed E-state index contributed by atoms with van der Waals surface area (Å²) in [5, 5.41) is 14.7. The van der Waals surface area contributed by atoms with Crippen LogP contribution in [0.1, 0.15) is 5.89 Å². The van der Waals surface area contributed by atoms with E-state index in [1.165, 1.54) is 11.8 Å². The third kappa shape index (κ3) is 2.97. The molecule has 0 spiro atoms. The van der Waals surface area contributed by atoms with Crippen LogP contribution in [-0.4, -0.2) is 29.9 Å². The molecule has 0 radical (unpaired) electrons. The summed E-state index contributed by atoms with van der Waals surface area (Å²) in [5.74, 6) is 2.49. The van der Waals surface area contributed by atoms with E-state index >= 15 is 0 Å². The highest BCUT2D eigenvalue weighted by molar-refractivity contribution is 7.98.